The van der Waals surface area contributed by atoms with Gasteiger partial charge in [-0.3, -0.25) is 9.36 Å². The van der Waals surface area contributed by atoms with E-state index in [1.807, 2.05) is 20.8 Å². The van der Waals surface area contributed by atoms with Crippen molar-refractivity contribution >= 4 is 27.5 Å². The molecular formula is C14H18N2O3S. The van der Waals surface area contributed by atoms with E-state index in [9.17, 15) is 9.59 Å². The van der Waals surface area contributed by atoms with Crippen LogP contribution in [0, 0.1) is 12.8 Å². The zero-order chi connectivity index (χ0) is 14.9. The molecule has 0 unspecified atom stereocenters. The highest BCUT2D eigenvalue weighted by atomic mass is 32.1. The van der Waals surface area contributed by atoms with E-state index in [0.717, 1.165) is 0 Å². The van der Waals surface area contributed by atoms with E-state index in [2.05, 4.69) is 4.98 Å². The Morgan fingerprint density at radius 1 is 1.50 bits per heavy atom. The molecule has 0 saturated carbocycles. The first-order valence-corrected chi connectivity index (χ1v) is 7.43. The quantitative estimate of drug-likeness (QED) is 0.813. The van der Waals surface area contributed by atoms with Crippen molar-refractivity contribution in [1.82, 2.24) is 9.55 Å². The van der Waals surface area contributed by atoms with Crippen LogP contribution in [0.25, 0.3) is 10.2 Å². The zero-order valence-electron chi connectivity index (χ0n) is 12.1. The number of carbonyl (C=O) groups excluding carboxylic acids is 1. The summed E-state index contributed by atoms with van der Waals surface area (Å²) in [7, 11) is 0. The minimum absolute atomic E-state index is 0.103. The van der Waals surface area contributed by atoms with Crippen molar-refractivity contribution in [2.45, 2.75) is 34.2 Å². The lowest BCUT2D eigenvalue weighted by Gasteiger charge is -2.06. The SMILES string of the molecule is CCn1cnc2sc(C(=O)OCC(C)C)c(C)c2c1=O. The Kier molecular flexibility index (Phi) is 4.23. The van der Waals surface area contributed by atoms with Crippen LogP contribution in [0.15, 0.2) is 11.1 Å². The molecule has 0 atom stereocenters. The summed E-state index contributed by atoms with van der Waals surface area (Å²) < 4.78 is 6.76. The number of hydrogen-bond donors (Lipinski definition) is 0. The lowest BCUT2D eigenvalue weighted by Crippen LogP contribution is -2.19. The van der Waals surface area contributed by atoms with E-state index >= 15 is 0 Å². The van der Waals surface area contributed by atoms with Crippen LogP contribution in [0.4, 0.5) is 0 Å². The van der Waals surface area contributed by atoms with Crippen molar-refractivity contribution in [2.24, 2.45) is 5.92 Å². The van der Waals surface area contributed by atoms with E-state index < -0.39 is 0 Å². The van der Waals surface area contributed by atoms with E-state index in [1.165, 1.54) is 22.2 Å². The van der Waals surface area contributed by atoms with Gasteiger partial charge >= 0.3 is 5.97 Å². The van der Waals surface area contributed by atoms with E-state index in [4.69, 9.17) is 4.74 Å². The number of carbonyl (C=O) groups is 1. The summed E-state index contributed by atoms with van der Waals surface area (Å²) in [6, 6.07) is 0. The first-order chi connectivity index (χ1) is 9.45. The van der Waals surface area contributed by atoms with Crippen LogP contribution in [0.2, 0.25) is 0 Å². The molecule has 0 N–H and O–H groups in total. The highest BCUT2D eigenvalue weighted by molar-refractivity contribution is 7.20. The van der Waals surface area contributed by atoms with E-state index in [1.54, 1.807) is 6.92 Å². The topological polar surface area (TPSA) is 61.2 Å². The summed E-state index contributed by atoms with van der Waals surface area (Å²) in [5.74, 6) is -0.0919. The van der Waals surface area contributed by atoms with Gasteiger partial charge in [0.1, 0.15) is 9.71 Å². The Morgan fingerprint density at radius 3 is 2.80 bits per heavy atom. The predicted molar refractivity (Wildman–Crippen MR) is 79.4 cm³/mol. The van der Waals surface area contributed by atoms with Gasteiger partial charge < -0.3 is 4.74 Å². The Balaban J connectivity index is 2.47. The van der Waals surface area contributed by atoms with Crippen molar-refractivity contribution in [3.8, 4) is 0 Å². The second kappa shape index (κ2) is 5.75. The van der Waals surface area contributed by atoms with Crippen LogP contribution >= 0.6 is 11.3 Å². The summed E-state index contributed by atoms with van der Waals surface area (Å²) in [6.07, 6.45) is 1.52. The Hall–Kier alpha value is -1.69. The van der Waals surface area contributed by atoms with Gasteiger partial charge in [-0.05, 0) is 25.3 Å². The molecular weight excluding hydrogens is 276 g/mol. The minimum atomic E-state index is -0.373. The van der Waals surface area contributed by atoms with Gasteiger partial charge in [-0.2, -0.15) is 0 Å². The van der Waals surface area contributed by atoms with Crippen LogP contribution in [-0.2, 0) is 11.3 Å². The number of aryl methyl sites for hydroxylation is 2. The molecule has 0 aliphatic heterocycles. The summed E-state index contributed by atoms with van der Waals surface area (Å²) >= 11 is 1.22. The number of ether oxygens (including phenoxy) is 1. The molecule has 2 aromatic rings. The Labute approximate surface area is 121 Å². The fourth-order valence-corrected chi connectivity index (χ4v) is 2.92. The average molecular weight is 294 g/mol. The largest absolute Gasteiger partial charge is 0.461 e. The monoisotopic (exact) mass is 294 g/mol. The highest BCUT2D eigenvalue weighted by Crippen LogP contribution is 2.27. The van der Waals surface area contributed by atoms with Gasteiger partial charge in [0, 0.05) is 6.54 Å². The van der Waals surface area contributed by atoms with Crippen molar-refractivity contribution in [1.29, 1.82) is 0 Å². The van der Waals surface area contributed by atoms with Gasteiger partial charge in [-0.15, -0.1) is 11.3 Å². The number of rotatable bonds is 4. The lowest BCUT2D eigenvalue weighted by molar-refractivity contribution is 0.0464. The number of fused-ring (bicyclic) bond motifs is 1. The summed E-state index contributed by atoms with van der Waals surface area (Å²) in [5.41, 5.74) is 0.563. The molecule has 2 aromatic heterocycles. The van der Waals surface area contributed by atoms with Crippen LogP contribution in [0.1, 0.15) is 36.0 Å². The number of aromatic nitrogens is 2. The highest BCUT2D eigenvalue weighted by Gasteiger charge is 2.20. The van der Waals surface area contributed by atoms with Crippen molar-refractivity contribution in [2.75, 3.05) is 6.61 Å². The fourth-order valence-electron chi connectivity index (χ4n) is 1.89. The molecule has 2 heterocycles. The summed E-state index contributed by atoms with van der Waals surface area (Å²) in [5, 5.41) is 0.524. The van der Waals surface area contributed by atoms with Crippen LogP contribution < -0.4 is 5.56 Å². The lowest BCUT2D eigenvalue weighted by atomic mass is 10.2. The third kappa shape index (κ3) is 2.60. The maximum atomic E-state index is 12.3. The molecule has 0 spiro atoms. The van der Waals surface area contributed by atoms with Gasteiger partial charge in [0.25, 0.3) is 5.56 Å². The molecule has 0 aromatic carbocycles. The normalized spacial score (nSPS) is 11.2. The number of thiophene rings is 1. The van der Waals surface area contributed by atoms with Gasteiger partial charge in [0.05, 0.1) is 18.3 Å². The standard InChI is InChI=1S/C14H18N2O3S/c1-5-16-7-15-12-10(13(16)17)9(4)11(20-12)14(18)19-6-8(2)3/h7-8H,5-6H2,1-4H3. The minimum Gasteiger partial charge on any atom is -0.461 e. The third-order valence-corrected chi connectivity index (χ3v) is 4.17. The van der Waals surface area contributed by atoms with Gasteiger partial charge in [0.15, 0.2) is 0 Å². The smallest absolute Gasteiger partial charge is 0.348 e. The second-order valence-corrected chi connectivity index (χ2v) is 6.06. The number of nitrogens with zero attached hydrogens (tertiary/aromatic N) is 2. The van der Waals surface area contributed by atoms with Crippen molar-refractivity contribution in [3.05, 3.63) is 27.1 Å². The maximum absolute atomic E-state index is 12.3. The Morgan fingerprint density at radius 2 is 2.20 bits per heavy atom. The molecule has 0 aliphatic rings. The first kappa shape index (κ1) is 14.7. The molecule has 0 amide bonds. The van der Waals surface area contributed by atoms with Gasteiger partial charge in [0.2, 0.25) is 0 Å². The molecule has 0 radical (unpaired) electrons. The average Bonchev–Trinajstić information content (AvgIpc) is 2.74. The van der Waals surface area contributed by atoms with E-state index in [0.29, 0.717) is 33.8 Å². The first-order valence-electron chi connectivity index (χ1n) is 6.61. The summed E-state index contributed by atoms with van der Waals surface area (Å²) in [4.78, 5) is 29.6. The van der Waals surface area contributed by atoms with Gasteiger partial charge in [-0.1, -0.05) is 13.8 Å². The fraction of sp³-hybridized carbons (Fsp3) is 0.500. The predicted octanol–water partition coefficient (Wildman–Crippen LogP) is 2.60. The van der Waals surface area contributed by atoms with Crippen LogP contribution in [0.3, 0.4) is 0 Å². The van der Waals surface area contributed by atoms with Crippen LogP contribution in [-0.4, -0.2) is 22.1 Å². The molecule has 108 valence electrons. The molecule has 0 fully saturated rings. The number of hydrogen-bond acceptors (Lipinski definition) is 5. The molecule has 0 saturated heterocycles. The molecule has 0 bridgehead atoms. The van der Waals surface area contributed by atoms with Crippen LogP contribution in [0.5, 0.6) is 0 Å². The Bertz CT molecular complexity index is 700. The molecule has 0 aliphatic carbocycles. The molecule has 2 rings (SSSR count). The molecule has 20 heavy (non-hydrogen) atoms. The maximum Gasteiger partial charge on any atom is 0.348 e. The molecule has 5 nitrogen and oxygen atoms in total. The zero-order valence-corrected chi connectivity index (χ0v) is 12.9. The number of esters is 1. The van der Waals surface area contributed by atoms with E-state index in [-0.39, 0.29) is 17.4 Å². The summed E-state index contributed by atoms with van der Waals surface area (Å²) in [6.45, 7) is 8.55. The molecule has 6 heteroatoms. The third-order valence-electron chi connectivity index (χ3n) is 2.99. The van der Waals surface area contributed by atoms with Gasteiger partial charge in [-0.25, -0.2) is 9.78 Å². The second-order valence-electron chi connectivity index (χ2n) is 5.06. The van der Waals surface area contributed by atoms with Crippen molar-refractivity contribution in [3.63, 3.8) is 0 Å². The van der Waals surface area contributed by atoms with Crippen molar-refractivity contribution < 1.29 is 9.53 Å².